The summed E-state index contributed by atoms with van der Waals surface area (Å²) in [5, 5.41) is 5.16. The second kappa shape index (κ2) is 4.30. The minimum Gasteiger partial charge on any atom is -0.315 e. The van der Waals surface area contributed by atoms with Gasteiger partial charge in [0, 0.05) is 12.1 Å². The Morgan fingerprint density at radius 1 is 1.56 bits per heavy atom. The first-order valence-corrected chi connectivity index (χ1v) is 8.69. The average Bonchev–Trinajstić information content (AvgIpc) is 2.91. The summed E-state index contributed by atoms with van der Waals surface area (Å²) in [6, 6.07) is 1.86. The van der Waals surface area contributed by atoms with Crippen LogP contribution in [-0.4, -0.2) is 27.0 Å². The van der Waals surface area contributed by atoms with Crippen molar-refractivity contribution in [2.75, 3.05) is 13.1 Å². The predicted octanol–water partition coefficient (Wildman–Crippen LogP) is 1.48. The van der Waals surface area contributed by atoms with Crippen LogP contribution in [0.5, 0.6) is 0 Å². The van der Waals surface area contributed by atoms with Crippen LogP contribution in [0.25, 0.3) is 0 Å². The van der Waals surface area contributed by atoms with Crippen molar-refractivity contribution < 1.29 is 8.42 Å². The van der Waals surface area contributed by atoms with E-state index in [0.717, 1.165) is 37.9 Å². The topological polar surface area (TPSA) is 58.2 Å². The van der Waals surface area contributed by atoms with Gasteiger partial charge in [0.15, 0.2) is 0 Å². The van der Waals surface area contributed by atoms with Gasteiger partial charge < -0.3 is 5.32 Å². The van der Waals surface area contributed by atoms with Crippen molar-refractivity contribution in [2.45, 2.75) is 35.9 Å². The third-order valence-corrected chi connectivity index (χ3v) is 7.43. The lowest BCUT2D eigenvalue weighted by Crippen LogP contribution is -2.51. The monoisotopic (exact) mass is 286 g/mol. The maximum atomic E-state index is 12.5. The Kier molecular flexibility index (Phi) is 3.01. The predicted molar refractivity (Wildman–Crippen MR) is 72.3 cm³/mol. The van der Waals surface area contributed by atoms with E-state index >= 15 is 0 Å². The van der Waals surface area contributed by atoms with Gasteiger partial charge in [-0.25, -0.2) is 13.1 Å². The number of hydrogen-bond acceptors (Lipinski definition) is 4. The Bertz CT molecular complexity index is 540. The normalized spacial score (nSPS) is 31.7. The third-order valence-electron chi connectivity index (χ3n) is 4.18. The molecule has 1 saturated carbocycles. The molecule has 6 heteroatoms. The van der Waals surface area contributed by atoms with E-state index in [1.807, 2.05) is 18.4 Å². The molecule has 0 amide bonds. The van der Waals surface area contributed by atoms with Crippen LogP contribution >= 0.6 is 11.3 Å². The van der Waals surface area contributed by atoms with Crippen molar-refractivity contribution in [2.24, 2.45) is 5.92 Å². The molecule has 100 valence electrons. The first kappa shape index (κ1) is 12.6. The van der Waals surface area contributed by atoms with Crippen molar-refractivity contribution in [3.63, 3.8) is 0 Å². The summed E-state index contributed by atoms with van der Waals surface area (Å²) in [5.41, 5.74) is 0.597. The Hall–Kier alpha value is -0.430. The highest BCUT2D eigenvalue weighted by atomic mass is 32.2. The SMILES string of the molecule is Cc1ccsc1S(=O)(=O)N[C@]12CCC[C@H]1CNC2. The molecule has 2 heterocycles. The van der Waals surface area contributed by atoms with Crippen molar-refractivity contribution in [1.29, 1.82) is 0 Å². The second-order valence-electron chi connectivity index (χ2n) is 5.37. The van der Waals surface area contributed by atoms with E-state index in [-0.39, 0.29) is 5.54 Å². The number of aryl methyl sites for hydroxylation is 1. The Morgan fingerprint density at radius 2 is 2.39 bits per heavy atom. The summed E-state index contributed by atoms with van der Waals surface area (Å²) in [4.78, 5) is 0. The molecule has 0 unspecified atom stereocenters. The summed E-state index contributed by atoms with van der Waals surface area (Å²) in [6.07, 6.45) is 3.20. The molecule has 3 rings (SSSR count). The van der Waals surface area contributed by atoms with Crippen LogP contribution in [0, 0.1) is 12.8 Å². The van der Waals surface area contributed by atoms with Gasteiger partial charge in [-0.05, 0) is 49.2 Å². The van der Waals surface area contributed by atoms with Crippen molar-refractivity contribution >= 4 is 21.4 Å². The first-order valence-electron chi connectivity index (χ1n) is 6.32. The molecule has 2 N–H and O–H groups in total. The van der Waals surface area contributed by atoms with Crippen LogP contribution in [-0.2, 0) is 10.0 Å². The van der Waals surface area contributed by atoms with E-state index in [2.05, 4.69) is 10.0 Å². The quantitative estimate of drug-likeness (QED) is 0.885. The van der Waals surface area contributed by atoms with Crippen LogP contribution < -0.4 is 10.0 Å². The molecular formula is C12H18N2O2S2. The molecule has 1 aliphatic carbocycles. The first-order chi connectivity index (χ1) is 8.54. The van der Waals surface area contributed by atoms with Gasteiger partial charge in [0.2, 0.25) is 0 Å². The molecule has 2 atom stereocenters. The Balaban J connectivity index is 1.91. The van der Waals surface area contributed by atoms with E-state index in [0.29, 0.717) is 10.1 Å². The summed E-state index contributed by atoms with van der Waals surface area (Å²) in [5.74, 6) is 0.451. The lowest BCUT2D eigenvalue weighted by Gasteiger charge is -2.29. The summed E-state index contributed by atoms with van der Waals surface area (Å²) >= 11 is 1.30. The highest BCUT2D eigenvalue weighted by molar-refractivity contribution is 7.91. The van der Waals surface area contributed by atoms with Gasteiger partial charge in [-0.3, -0.25) is 0 Å². The number of hydrogen-bond donors (Lipinski definition) is 2. The molecule has 1 aromatic rings. The van der Waals surface area contributed by atoms with E-state index in [9.17, 15) is 8.42 Å². The second-order valence-corrected chi connectivity index (χ2v) is 8.17. The zero-order valence-corrected chi connectivity index (χ0v) is 12.0. The lowest BCUT2D eigenvalue weighted by atomic mass is 9.92. The molecule has 0 spiro atoms. The molecule has 0 radical (unpaired) electrons. The van der Waals surface area contributed by atoms with E-state index in [1.54, 1.807) is 0 Å². The number of rotatable bonds is 3. The zero-order chi connectivity index (χ0) is 12.8. The minimum atomic E-state index is -3.37. The van der Waals surface area contributed by atoms with Gasteiger partial charge in [0.1, 0.15) is 4.21 Å². The van der Waals surface area contributed by atoms with Crippen molar-refractivity contribution in [1.82, 2.24) is 10.0 Å². The standard InChI is InChI=1S/C12H18N2O2S2/c1-9-4-6-17-11(9)18(15,16)14-12-5-2-3-10(12)7-13-8-12/h4,6,10,13-14H,2-3,5,7-8H2,1H3/t10-,12-/m0/s1. The van der Waals surface area contributed by atoms with E-state index in [1.165, 1.54) is 11.3 Å². The van der Waals surface area contributed by atoms with Crippen LogP contribution in [0.2, 0.25) is 0 Å². The van der Waals surface area contributed by atoms with Gasteiger partial charge in [0.25, 0.3) is 10.0 Å². The molecule has 0 bridgehead atoms. The Labute approximate surface area is 112 Å². The molecule has 0 aromatic carbocycles. The van der Waals surface area contributed by atoms with Gasteiger partial charge in [-0.2, -0.15) is 0 Å². The van der Waals surface area contributed by atoms with Crippen LogP contribution in [0.1, 0.15) is 24.8 Å². The fraction of sp³-hybridized carbons (Fsp3) is 0.667. The van der Waals surface area contributed by atoms with Gasteiger partial charge in [-0.1, -0.05) is 6.42 Å². The smallest absolute Gasteiger partial charge is 0.250 e. The van der Waals surface area contributed by atoms with Crippen LogP contribution in [0.15, 0.2) is 15.7 Å². The molecular weight excluding hydrogens is 268 g/mol. The maximum Gasteiger partial charge on any atom is 0.250 e. The van der Waals surface area contributed by atoms with Gasteiger partial charge >= 0.3 is 0 Å². The Morgan fingerprint density at radius 3 is 3.11 bits per heavy atom. The largest absolute Gasteiger partial charge is 0.315 e. The maximum absolute atomic E-state index is 12.5. The molecule has 1 aliphatic heterocycles. The third kappa shape index (κ3) is 1.91. The zero-order valence-electron chi connectivity index (χ0n) is 10.4. The van der Waals surface area contributed by atoms with Crippen molar-refractivity contribution in [3.05, 3.63) is 17.0 Å². The molecule has 2 fully saturated rings. The number of thiophene rings is 1. The van der Waals surface area contributed by atoms with E-state index < -0.39 is 10.0 Å². The fourth-order valence-electron chi connectivity index (χ4n) is 3.26. The van der Waals surface area contributed by atoms with Crippen molar-refractivity contribution in [3.8, 4) is 0 Å². The lowest BCUT2D eigenvalue weighted by molar-refractivity contribution is 0.360. The van der Waals surface area contributed by atoms with Crippen LogP contribution in [0.4, 0.5) is 0 Å². The average molecular weight is 286 g/mol. The molecule has 2 aliphatic rings. The highest BCUT2D eigenvalue weighted by Gasteiger charge is 2.48. The molecule has 18 heavy (non-hydrogen) atoms. The van der Waals surface area contributed by atoms with Gasteiger partial charge in [0.05, 0.1) is 0 Å². The highest BCUT2D eigenvalue weighted by Crippen LogP contribution is 2.39. The fourth-order valence-corrected chi connectivity index (χ4v) is 6.17. The molecule has 1 aromatic heterocycles. The van der Waals surface area contributed by atoms with E-state index in [4.69, 9.17) is 0 Å². The molecule has 1 saturated heterocycles. The summed E-state index contributed by atoms with van der Waals surface area (Å²) in [6.45, 7) is 3.55. The summed E-state index contributed by atoms with van der Waals surface area (Å²) < 4.78 is 28.4. The minimum absolute atomic E-state index is 0.241. The molecule has 4 nitrogen and oxygen atoms in total. The number of fused-ring (bicyclic) bond motifs is 1. The number of nitrogens with one attached hydrogen (secondary N) is 2. The van der Waals surface area contributed by atoms with Gasteiger partial charge in [-0.15, -0.1) is 11.3 Å². The summed E-state index contributed by atoms with van der Waals surface area (Å²) in [7, 11) is -3.37. The number of sulfonamides is 1. The van der Waals surface area contributed by atoms with Crippen LogP contribution in [0.3, 0.4) is 0 Å².